The number of fused-ring (bicyclic) bond motifs is 1. The molecule has 0 bridgehead atoms. The van der Waals surface area contributed by atoms with Gasteiger partial charge in [0.15, 0.2) is 10.3 Å². The maximum atomic E-state index is 13.3. The van der Waals surface area contributed by atoms with Crippen LogP contribution in [-0.2, 0) is 16.1 Å². The van der Waals surface area contributed by atoms with Crippen LogP contribution in [0, 0.1) is 0 Å². The molecule has 9 heteroatoms. The van der Waals surface area contributed by atoms with Gasteiger partial charge >= 0.3 is 0 Å². The molecule has 2 aromatic heterocycles. The van der Waals surface area contributed by atoms with E-state index in [-0.39, 0.29) is 17.6 Å². The predicted octanol–water partition coefficient (Wildman–Crippen LogP) is 4.82. The maximum Gasteiger partial charge on any atom is 0.262 e. The number of hydrogen-bond donors (Lipinski definition) is 1. The lowest BCUT2D eigenvalue weighted by molar-refractivity contribution is -0.115. The first-order chi connectivity index (χ1) is 16.6. The molecule has 0 radical (unpaired) electrons. The van der Waals surface area contributed by atoms with E-state index in [1.807, 2.05) is 60.8 Å². The second-order valence-electron chi connectivity index (χ2n) is 8.12. The quantitative estimate of drug-likeness (QED) is 0.294. The summed E-state index contributed by atoms with van der Waals surface area (Å²) >= 11 is 2.66. The van der Waals surface area contributed by atoms with Crippen molar-refractivity contribution in [2.24, 2.45) is 0 Å². The van der Waals surface area contributed by atoms with E-state index >= 15 is 0 Å². The summed E-state index contributed by atoms with van der Waals surface area (Å²) in [6, 6.07) is 17.1. The van der Waals surface area contributed by atoms with Crippen LogP contribution in [0.3, 0.4) is 0 Å². The van der Waals surface area contributed by atoms with Crippen molar-refractivity contribution in [2.75, 3.05) is 11.9 Å². The average molecular weight is 493 g/mol. The molecule has 2 atom stereocenters. The SMILES string of the molecule is C[C@H](Sc1nc2ccccc2c(=O)n1C[C@H]1CCCO1)C(=O)Nc1nc(-c2ccccc2)cs1. The van der Waals surface area contributed by atoms with Crippen molar-refractivity contribution in [1.29, 1.82) is 0 Å². The van der Waals surface area contributed by atoms with E-state index in [1.165, 1.54) is 23.1 Å². The summed E-state index contributed by atoms with van der Waals surface area (Å²) in [4.78, 5) is 35.5. The zero-order chi connectivity index (χ0) is 23.5. The Hall–Kier alpha value is -3.01. The Morgan fingerprint density at radius 3 is 2.79 bits per heavy atom. The first-order valence-electron chi connectivity index (χ1n) is 11.2. The Labute approximate surface area is 205 Å². The first kappa shape index (κ1) is 22.8. The molecule has 1 fully saturated rings. The number of amides is 1. The highest BCUT2D eigenvalue weighted by atomic mass is 32.2. The van der Waals surface area contributed by atoms with Crippen LogP contribution in [-0.4, -0.2) is 38.4 Å². The van der Waals surface area contributed by atoms with Gasteiger partial charge in [-0.25, -0.2) is 9.97 Å². The van der Waals surface area contributed by atoms with Crippen molar-refractivity contribution in [3.05, 3.63) is 70.3 Å². The molecule has 1 aliphatic rings. The molecule has 3 heterocycles. The van der Waals surface area contributed by atoms with Gasteiger partial charge in [0.05, 0.1) is 34.5 Å². The molecule has 2 aromatic carbocycles. The number of nitrogens with one attached hydrogen (secondary N) is 1. The number of thiazole rings is 1. The summed E-state index contributed by atoms with van der Waals surface area (Å²) in [5.41, 5.74) is 2.34. The molecule has 34 heavy (non-hydrogen) atoms. The van der Waals surface area contributed by atoms with E-state index in [0.29, 0.717) is 34.3 Å². The fraction of sp³-hybridized carbons (Fsp3) is 0.280. The average Bonchev–Trinajstić information content (AvgIpc) is 3.54. The number of rotatable bonds is 7. The Morgan fingerprint density at radius 2 is 2.00 bits per heavy atom. The summed E-state index contributed by atoms with van der Waals surface area (Å²) < 4.78 is 7.42. The molecule has 174 valence electrons. The van der Waals surface area contributed by atoms with Gasteiger partial charge in [-0.3, -0.25) is 14.2 Å². The largest absolute Gasteiger partial charge is 0.376 e. The van der Waals surface area contributed by atoms with E-state index in [9.17, 15) is 9.59 Å². The van der Waals surface area contributed by atoms with E-state index in [0.717, 1.165) is 24.1 Å². The third-order valence-electron chi connectivity index (χ3n) is 5.69. The minimum absolute atomic E-state index is 0.0177. The van der Waals surface area contributed by atoms with Crippen LogP contribution < -0.4 is 10.9 Å². The molecule has 1 N–H and O–H groups in total. The lowest BCUT2D eigenvalue weighted by Crippen LogP contribution is -2.30. The molecule has 0 saturated carbocycles. The van der Waals surface area contributed by atoms with Crippen molar-refractivity contribution in [2.45, 2.75) is 42.8 Å². The molecule has 1 amide bonds. The number of benzene rings is 2. The number of anilines is 1. The van der Waals surface area contributed by atoms with Crippen molar-refractivity contribution < 1.29 is 9.53 Å². The molecule has 0 unspecified atom stereocenters. The first-order valence-corrected chi connectivity index (χ1v) is 12.9. The minimum atomic E-state index is -0.479. The lowest BCUT2D eigenvalue weighted by atomic mass is 10.2. The number of para-hydroxylation sites is 1. The predicted molar refractivity (Wildman–Crippen MR) is 136 cm³/mol. The van der Waals surface area contributed by atoms with Gasteiger partial charge in [-0.05, 0) is 31.9 Å². The van der Waals surface area contributed by atoms with Crippen LogP contribution >= 0.6 is 23.1 Å². The summed E-state index contributed by atoms with van der Waals surface area (Å²) in [7, 11) is 0. The van der Waals surface area contributed by atoms with Gasteiger partial charge in [0.25, 0.3) is 5.56 Å². The minimum Gasteiger partial charge on any atom is -0.376 e. The molecule has 5 rings (SSSR count). The maximum absolute atomic E-state index is 13.3. The molecular formula is C25H24N4O3S2. The van der Waals surface area contributed by atoms with E-state index in [4.69, 9.17) is 9.72 Å². The highest BCUT2D eigenvalue weighted by Gasteiger charge is 2.23. The van der Waals surface area contributed by atoms with Gasteiger partial charge in [0, 0.05) is 17.6 Å². The number of carbonyl (C=O) groups is 1. The van der Waals surface area contributed by atoms with Crippen LogP contribution in [0.5, 0.6) is 0 Å². The summed E-state index contributed by atoms with van der Waals surface area (Å²) in [5, 5.41) is 5.98. The smallest absolute Gasteiger partial charge is 0.262 e. The van der Waals surface area contributed by atoms with Crippen molar-refractivity contribution in [3.8, 4) is 11.3 Å². The zero-order valence-corrected chi connectivity index (χ0v) is 20.3. The number of aromatic nitrogens is 3. The van der Waals surface area contributed by atoms with Crippen LogP contribution in [0.4, 0.5) is 5.13 Å². The van der Waals surface area contributed by atoms with E-state index < -0.39 is 5.25 Å². The van der Waals surface area contributed by atoms with Crippen LogP contribution in [0.25, 0.3) is 22.2 Å². The summed E-state index contributed by atoms with van der Waals surface area (Å²) in [6.45, 7) is 2.95. The van der Waals surface area contributed by atoms with Gasteiger partial charge in [0.1, 0.15) is 0 Å². The van der Waals surface area contributed by atoms with Crippen LogP contribution in [0.2, 0.25) is 0 Å². The zero-order valence-electron chi connectivity index (χ0n) is 18.6. The summed E-state index contributed by atoms with van der Waals surface area (Å²) in [6.07, 6.45) is 1.88. The van der Waals surface area contributed by atoms with Gasteiger partial charge in [-0.15, -0.1) is 11.3 Å². The van der Waals surface area contributed by atoms with E-state index in [1.54, 1.807) is 10.6 Å². The third-order valence-corrected chi connectivity index (χ3v) is 7.54. The number of thioether (sulfide) groups is 1. The highest BCUT2D eigenvalue weighted by molar-refractivity contribution is 8.00. The van der Waals surface area contributed by atoms with Gasteiger partial charge in [-0.1, -0.05) is 54.2 Å². The lowest BCUT2D eigenvalue weighted by Gasteiger charge is -2.18. The number of ether oxygens (including phenoxy) is 1. The molecule has 1 aliphatic heterocycles. The van der Waals surface area contributed by atoms with Gasteiger partial charge in [-0.2, -0.15) is 0 Å². The fourth-order valence-electron chi connectivity index (χ4n) is 3.88. The monoisotopic (exact) mass is 492 g/mol. The van der Waals surface area contributed by atoms with Gasteiger partial charge < -0.3 is 10.1 Å². The molecule has 1 saturated heterocycles. The number of nitrogens with zero attached hydrogens (tertiary/aromatic N) is 3. The second kappa shape index (κ2) is 10.1. The second-order valence-corrected chi connectivity index (χ2v) is 10.3. The van der Waals surface area contributed by atoms with Gasteiger partial charge in [0.2, 0.25) is 5.91 Å². The van der Waals surface area contributed by atoms with E-state index in [2.05, 4.69) is 10.3 Å². The standard InChI is InChI=1S/C25H24N4O3S2/c1-16(22(30)28-24-26-21(15-33-24)17-8-3-2-4-9-17)34-25-27-20-12-6-5-11-19(20)23(31)29(25)14-18-10-7-13-32-18/h2-6,8-9,11-12,15-16,18H,7,10,13-14H2,1H3,(H,26,28,30)/t16-,18+/m0/s1. The normalized spacial score (nSPS) is 16.6. The highest BCUT2D eigenvalue weighted by Crippen LogP contribution is 2.28. The topological polar surface area (TPSA) is 86.1 Å². The van der Waals surface area contributed by atoms with Crippen LogP contribution in [0.15, 0.2) is 69.9 Å². The third kappa shape index (κ3) is 4.91. The Kier molecular flexibility index (Phi) is 6.75. The number of hydrogen-bond acceptors (Lipinski definition) is 7. The summed E-state index contributed by atoms with van der Waals surface area (Å²) in [5.74, 6) is -0.190. The fourth-order valence-corrected chi connectivity index (χ4v) is 5.52. The Bertz CT molecular complexity index is 1360. The Balaban J connectivity index is 1.36. The van der Waals surface area contributed by atoms with Crippen molar-refractivity contribution in [3.63, 3.8) is 0 Å². The molecule has 0 spiro atoms. The number of carbonyl (C=O) groups excluding carboxylic acids is 1. The van der Waals surface area contributed by atoms with Crippen molar-refractivity contribution in [1.82, 2.24) is 14.5 Å². The van der Waals surface area contributed by atoms with Crippen molar-refractivity contribution >= 4 is 45.0 Å². The molecule has 7 nitrogen and oxygen atoms in total. The molecule has 0 aliphatic carbocycles. The Morgan fingerprint density at radius 1 is 1.21 bits per heavy atom. The molecule has 4 aromatic rings. The van der Waals surface area contributed by atoms with Crippen LogP contribution in [0.1, 0.15) is 19.8 Å². The molecular weight excluding hydrogens is 468 g/mol.